The molecule has 0 radical (unpaired) electrons. The van der Waals surface area contributed by atoms with Crippen molar-refractivity contribution in [1.82, 2.24) is 0 Å². The van der Waals surface area contributed by atoms with Gasteiger partial charge in [0, 0.05) is 18.2 Å². The highest BCUT2D eigenvalue weighted by Crippen LogP contribution is 2.56. The fourth-order valence-corrected chi connectivity index (χ4v) is 8.08. The minimum absolute atomic E-state index is 0.0996. The fraction of sp³-hybridized carbons (Fsp3) is 0. The average molecular weight is 403 g/mol. The Morgan fingerprint density at radius 3 is 1.24 bits per heavy atom. The monoisotopic (exact) mass is 403 g/mol. The highest BCUT2D eigenvalue weighted by Gasteiger charge is 2.50. The van der Waals surface area contributed by atoms with Gasteiger partial charge in [0.2, 0.25) is 0 Å². The number of para-hydroxylation sites is 1. The van der Waals surface area contributed by atoms with E-state index < -0.39 is 7.26 Å². The average Bonchev–Trinajstić information content (AvgIpc) is 2.70. The van der Waals surface area contributed by atoms with Gasteiger partial charge in [-0.1, -0.05) is 30.3 Å². The van der Waals surface area contributed by atoms with Gasteiger partial charge < -0.3 is 20.4 Å². The normalized spacial score (nSPS) is 11.3. The van der Waals surface area contributed by atoms with Gasteiger partial charge in [-0.25, -0.2) is 0 Å². The maximum absolute atomic E-state index is 10.9. The van der Waals surface area contributed by atoms with Crippen molar-refractivity contribution in [1.29, 1.82) is 0 Å². The first-order valence-electron chi connectivity index (χ1n) is 9.08. The van der Waals surface area contributed by atoms with E-state index in [9.17, 15) is 20.4 Å². The van der Waals surface area contributed by atoms with Gasteiger partial charge >= 0.3 is 0 Å². The standard InChI is InChI=1S/C24H19O4P/c25-17-6-3-9-20(14-17)29(21-10-4-7-18(26)15-21,22-11-5-8-19(27)16-22)24-13-2-1-12-23(24)28/h1-16H,(H3-,25,26,27,28)/p+1. The number of rotatable bonds is 4. The molecule has 0 bridgehead atoms. The molecule has 4 aromatic carbocycles. The molecule has 0 saturated carbocycles. The van der Waals surface area contributed by atoms with E-state index in [2.05, 4.69) is 0 Å². The number of hydrogen-bond acceptors (Lipinski definition) is 4. The molecule has 0 aliphatic carbocycles. The van der Waals surface area contributed by atoms with Crippen LogP contribution in [0.25, 0.3) is 0 Å². The van der Waals surface area contributed by atoms with Crippen LogP contribution >= 0.6 is 7.26 Å². The molecule has 0 fully saturated rings. The molecule has 0 saturated heterocycles. The van der Waals surface area contributed by atoms with Crippen LogP contribution in [0.4, 0.5) is 0 Å². The van der Waals surface area contributed by atoms with Crippen molar-refractivity contribution in [2.75, 3.05) is 0 Å². The third-order valence-electron chi connectivity index (χ3n) is 4.89. The van der Waals surface area contributed by atoms with Crippen molar-refractivity contribution < 1.29 is 20.4 Å². The van der Waals surface area contributed by atoms with Gasteiger partial charge in [0.15, 0.2) is 11.1 Å². The van der Waals surface area contributed by atoms with Crippen LogP contribution in [0, 0.1) is 0 Å². The maximum Gasteiger partial charge on any atom is 0.159 e. The first-order valence-corrected chi connectivity index (χ1v) is 10.9. The van der Waals surface area contributed by atoms with Crippen LogP contribution in [0.15, 0.2) is 97.1 Å². The molecule has 0 atom stereocenters. The molecule has 4 N–H and O–H groups in total. The smallest absolute Gasteiger partial charge is 0.159 e. The second kappa shape index (κ2) is 7.50. The SMILES string of the molecule is Oc1cccc([P+](c2cccc(O)c2)(c2cccc(O)c2)c2ccccc2O)c1. The van der Waals surface area contributed by atoms with E-state index in [4.69, 9.17) is 0 Å². The van der Waals surface area contributed by atoms with Gasteiger partial charge in [-0.15, -0.1) is 0 Å². The van der Waals surface area contributed by atoms with Crippen LogP contribution in [-0.2, 0) is 0 Å². The van der Waals surface area contributed by atoms with Gasteiger partial charge in [-0.2, -0.15) is 0 Å². The zero-order valence-electron chi connectivity index (χ0n) is 15.5. The van der Waals surface area contributed by atoms with Crippen LogP contribution in [0.3, 0.4) is 0 Å². The summed E-state index contributed by atoms with van der Waals surface area (Å²) in [5, 5.41) is 44.7. The summed E-state index contributed by atoms with van der Waals surface area (Å²) in [5.41, 5.74) is 0. The molecule has 0 amide bonds. The summed E-state index contributed by atoms with van der Waals surface area (Å²) in [6.45, 7) is 0. The van der Waals surface area contributed by atoms with Crippen molar-refractivity contribution in [2.24, 2.45) is 0 Å². The highest BCUT2D eigenvalue weighted by atomic mass is 31.2. The lowest BCUT2D eigenvalue weighted by atomic mass is 10.3. The first kappa shape index (κ1) is 18.9. The summed E-state index contributed by atoms with van der Waals surface area (Å²) in [6, 6.07) is 27.8. The Morgan fingerprint density at radius 1 is 0.448 bits per heavy atom. The lowest BCUT2D eigenvalue weighted by Crippen LogP contribution is -2.38. The third-order valence-corrected chi connectivity index (χ3v) is 9.15. The van der Waals surface area contributed by atoms with Crippen molar-refractivity contribution in [3.8, 4) is 23.0 Å². The van der Waals surface area contributed by atoms with Gasteiger partial charge in [-0.05, 0) is 48.5 Å². The molecule has 0 aliphatic rings. The number of hydrogen-bond donors (Lipinski definition) is 4. The Bertz CT molecular complexity index is 1060. The Labute approximate surface area is 169 Å². The van der Waals surface area contributed by atoms with E-state index in [1.54, 1.807) is 66.7 Å². The Kier molecular flexibility index (Phi) is 4.87. The predicted molar refractivity (Wildman–Crippen MR) is 118 cm³/mol. The van der Waals surface area contributed by atoms with E-state index in [1.807, 2.05) is 30.3 Å². The minimum atomic E-state index is -2.75. The lowest BCUT2D eigenvalue weighted by molar-refractivity contribution is 0.475. The van der Waals surface area contributed by atoms with E-state index in [1.165, 1.54) is 0 Å². The summed E-state index contributed by atoms with van der Waals surface area (Å²) < 4.78 is 0. The van der Waals surface area contributed by atoms with Gasteiger partial charge in [0.25, 0.3) is 0 Å². The largest absolute Gasteiger partial charge is 0.508 e. The summed E-state index contributed by atoms with van der Waals surface area (Å²) >= 11 is 0. The van der Waals surface area contributed by atoms with Crippen molar-refractivity contribution >= 4 is 28.5 Å². The number of aromatic hydroxyl groups is 4. The summed E-state index contributed by atoms with van der Waals surface area (Å²) in [4.78, 5) is 0. The molecule has 0 unspecified atom stereocenters. The highest BCUT2D eigenvalue weighted by molar-refractivity contribution is 8.01. The second-order valence-corrected chi connectivity index (χ2v) is 10.1. The summed E-state index contributed by atoms with van der Waals surface area (Å²) in [6.07, 6.45) is 0. The lowest BCUT2D eigenvalue weighted by Gasteiger charge is -2.28. The molecule has 0 heterocycles. The minimum Gasteiger partial charge on any atom is -0.508 e. The van der Waals surface area contributed by atoms with Crippen LogP contribution in [0.1, 0.15) is 0 Å². The van der Waals surface area contributed by atoms with E-state index >= 15 is 0 Å². The van der Waals surface area contributed by atoms with Gasteiger partial charge in [0.05, 0.1) is 0 Å². The zero-order valence-corrected chi connectivity index (χ0v) is 16.4. The summed E-state index contributed by atoms with van der Waals surface area (Å²) in [7, 11) is -2.75. The number of benzene rings is 4. The van der Waals surface area contributed by atoms with Crippen molar-refractivity contribution in [3.05, 3.63) is 97.1 Å². The molecular formula is C24H20O4P+. The molecule has 29 heavy (non-hydrogen) atoms. The molecular weight excluding hydrogens is 383 g/mol. The molecule has 0 aliphatic heterocycles. The molecule has 0 spiro atoms. The predicted octanol–water partition coefficient (Wildman–Crippen LogP) is 3.13. The molecule has 4 rings (SSSR count). The van der Waals surface area contributed by atoms with Crippen molar-refractivity contribution in [3.63, 3.8) is 0 Å². The Balaban J connectivity index is 2.21. The number of phenolic OH excluding ortho intramolecular Hbond substituents is 4. The fourth-order valence-electron chi connectivity index (χ4n) is 3.72. The van der Waals surface area contributed by atoms with Gasteiger partial charge in [-0.3, -0.25) is 0 Å². The van der Waals surface area contributed by atoms with Crippen LogP contribution < -0.4 is 21.2 Å². The second-order valence-electron chi connectivity index (χ2n) is 6.72. The topological polar surface area (TPSA) is 80.9 Å². The van der Waals surface area contributed by atoms with E-state index in [0.717, 1.165) is 15.9 Å². The molecule has 4 aromatic rings. The van der Waals surface area contributed by atoms with E-state index in [-0.39, 0.29) is 23.0 Å². The summed E-state index contributed by atoms with van der Waals surface area (Å²) in [5.74, 6) is 0.406. The molecule has 144 valence electrons. The van der Waals surface area contributed by atoms with Crippen molar-refractivity contribution in [2.45, 2.75) is 0 Å². The van der Waals surface area contributed by atoms with E-state index in [0.29, 0.717) is 5.30 Å². The quantitative estimate of drug-likeness (QED) is 0.395. The van der Waals surface area contributed by atoms with Crippen LogP contribution in [0.2, 0.25) is 0 Å². The van der Waals surface area contributed by atoms with Crippen LogP contribution in [-0.4, -0.2) is 20.4 Å². The molecule has 4 nitrogen and oxygen atoms in total. The first-order chi connectivity index (χ1) is 14.0. The molecule has 0 aromatic heterocycles. The molecule has 5 heteroatoms. The maximum atomic E-state index is 10.9. The third kappa shape index (κ3) is 3.28. The zero-order chi connectivity index (χ0) is 20.4. The van der Waals surface area contributed by atoms with Gasteiger partial charge in [0.1, 0.15) is 40.4 Å². The Morgan fingerprint density at radius 2 is 0.862 bits per heavy atom. The Hall–Kier alpha value is -3.49. The number of phenols is 4. The van der Waals surface area contributed by atoms with Crippen LogP contribution in [0.5, 0.6) is 23.0 Å².